The van der Waals surface area contributed by atoms with Gasteiger partial charge in [0.15, 0.2) is 0 Å². The molecule has 1 rings (SSSR count). The third kappa shape index (κ3) is 2.40. The first-order chi connectivity index (χ1) is 7.10. The Morgan fingerprint density at radius 2 is 2.20 bits per heavy atom. The molecule has 1 aromatic rings. The quantitative estimate of drug-likeness (QED) is 0.729. The van der Waals surface area contributed by atoms with E-state index in [2.05, 4.69) is 5.32 Å². The molecule has 4 heteroatoms. The molecule has 3 N–H and O–H groups in total. The fourth-order valence-electron chi connectivity index (χ4n) is 1.36. The van der Waals surface area contributed by atoms with E-state index >= 15 is 0 Å². The standard InChI is InChI=1S/C11H17N3O/c1-4-14(3)10-7-8(12)5-6-9(10)11(15)13-2/h5-7H,4,12H2,1-3H3,(H,13,15). The summed E-state index contributed by atoms with van der Waals surface area (Å²) in [5.74, 6) is -0.0923. The second kappa shape index (κ2) is 4.68. The van der Waals surface area contributed by atoms with Crippen LogP contribution in [0.15, 0.2) is 18.2 Å². The van der Waals surface area contributed by atoms with Gasteiger partial charge in [0.1, 0.15) is 0 Å². The molecule has 0 atom stereocenters. The lowest BCUT2D eigenvalue weighted by Gasteiger charge is -2.20. The van der Waals surface area contributed by atoms with Crippen LogP contribution >= 0.6 is 0 Å². The lowest BCUT2D eigenvalue weighted by Crippen LogP contribution is -2.24. The zero-order valence-electron chi connectivity index (χ0n) is 9.37. The topological polar surface area (TPSA) is 58.4 Å². The highest BCUT2D eigenvalue weighted by Crippen LogP contribution is 2.22. The summed E-state index contributed by atoms with van der Waals surface area (Å²) in [6, 6.07) is 5.29. The number of nitrogens with zero attached hydrogens (tertiary/aromatic N) is 1. The molecular weight excluding hydrogens is 190 g/mol. The Hall–Kier alpha value is -1.71. The average Bonchev–Trinajstić information content (AvgIpc) is 2.26. The number of hydrogen-bond donors (Lipinski definition) is 2. The minimum Gasteiger partial charge on any atom is -0.399 e. The van der Waals surface area contributed by atoms with E-state index < -0.39 is 0 Å². The molecule has 1 amide bonds. The highest BCUT2D eigenvalue weighted by molar-refractivity contribution is 6.00. The summed E-state index contributed by atoms with van der Waals surface area (Å²) in [6.45, 7) is 2.85. The number of nitrogens with one attached hydrogen (secondary N) is 1. The Bertz CT molecular complexity index is 363. The summed E-state index contributed by atoms with van der Waals surface area (Å²) in [7, 11) is 3.55. The molecule has 4 nitrogen and oxygen atoms in total. The maximum atomic E-state index is 11.6. The van der Waals surface area contributed by atoms with Crippen LogP contribution in [0.4, 0.5) is 11.4 Å². The number of nitrogen functional groups attached to an aromatic ring is 1. The van der Waals surface area contributed by atoms with Gasteiger partial charge in [0.05, 0.1) is 11.3 Å². The zero-order chi connectivity index (χ0) is 11.4. The number of anilines is 2. The first kappa shape index (κ1) is 11.4. The molecule has 0 aliphatic rings. The smallest absolute Gasteiger partial charge is 0.253 e. The van der Waals surface area contributed by atoms with Crippen molar-refractivity contribution in [1.29, 1.82) is 0 Å². The van der Waals surface area contributed by atoms with E-state index in [-0.39, 0.29) is 5.91 Å². The molecule has 0 saturated heterocycles. The van der Waals surface area contributed by atoms with Gasteiger partial charge in [-0.05, 0) is 25.1 Å². The molecule has 1 aromatic carbocycles. The number of carbonyl (C=O) groups excluding carboxylic acids is 1. The van der Waals surface area contributed by atoms with Crippen LogP contribution in [0.5, 0.6) is 0 Å². The van der Waals surface area contributed by atoms with Crippen molar-refractivity contribution in [2.24, 2.45) is 0 Å². The summed E-state index contributed by atoms with van der Waals surface area (Å²) in [4.78, 5) is 13.6. The summed E-state index contributed by atoms with van der Waals surface area (Å²) < 4.78 is 0. The van der Waals surface area contributed by atoms with E-state index in [1.807, 2.05) is 24.9 Å². The van der Waals surface area contributed by atoms with E-state index in [9.17, 15) is 4.79 Å². The maximum absolute atomic E-state index is 11.6. The molecule has 0 fully saturated rings. The van der Waals surface area contributed by atoms with Gasteiger partial charge in [0, 0.05) is 26.3 Å². The van der Waals surface area contributed by atoms with Crippen molar-refractivity contribution < 1.29 is 4.79 Å². The fraction of sp³-hybridized carbons (Fsp3) is 0.364. The number of nitrogens with two attached hydrogens (primary N) is 1. The van der Waals surface area contributed by atoms with Crippen LogP contribution in [0.1, 0.15) is 17.3 Å². The van der Waals surface area contributed by atoms with Crippen LogP contribution < -0.4 is 16.0 Å². The van der Waals surface area contributed by atoms with Crippen LogP contribution in [-0.2, 0) is 0 Å². The van der Waals surface area contributed by atoms with Gasteiger partial charge in [-0.1, -0.05) is 0 Å². The van der Waals surface area contributed by atoms with E-state index in [4.69, 9.17) is 5.73 Å². The second-order valence-electron chi connectivity index (χ2n) is 3.37. The van der Waals surface area contributed by atoms with Crippen molar-refractivity contribution in [3.8, 4) is 0 Å². The lowest BCUT2D eigenvalue weighted by atomic mass is 10.1. The number of amides is 1. The van der Waals surface area contributed by atoms with Crippen molar-refractivity contribution >= 4 is 17.3 Å². The summed E-state index contributed by atoms with van der Waals surface area (Å²) >= 11 is 0. The van der Waals surface area contributed by atoms with E-state index in [0.717, 1.165) is 12.2 Å². The van der Waals surface area contributed by atoms with E-state index in [0.29, 0.717) is 11.3 Å². The van der Waals surface area contributed by atoms with Crippen molar-refractivity contribution in [2.75, 3.05) is 31.3 Å². The molecule has 82 valence electrons. The number of hydrogen-bond acceptors (Lipinski definition) is 3. The van der Waals surface area contributed by atoms with Gasteiger partial charge in [0.2, 0.25) is 0 Å². The highest BCUT2D eigenvalue weighted by Gasteiger charge is 2.12. The molecule has 0 saturated carbocycles. The van der Waals surface area contributed by atoms with Crippen LogP contribution in [0, 0.1) is 0 Å². The molecule has 0 radical (unpaired) electrons. The van der Waals surface area contributed by atoms with E-state index in [1.54, 1.807) is 19.2 Å². The largest absolute Gasteiger partial charge is 0.399 e. The fourth-order valence-corrected chi connectivity index (χ4v) is 1.36. The van der Waals surface area contributed by atoms with Gasteiger partial charge >= 0.3 is 0 Å². The average molecular weight is 207 g/mol. The summed E-state index contributed by atoms with van der Waals surface area (Å²) in [5, 5.41) is 2.61. The SMILES string of the molecule is CCN(C)c1cc(N)ccc1C(=O)NC. The number of rotatable bonds is 3. The van der Waals surface area contributed by atoms with Gasteiger partial charge in [-0.25, -0.2) is 0 Å². The van der Waals surface area contributed by atoms with E-state index in [1.165, 1.54) is 0 Å². The molecule has 0 aromatic heterocycles. The van der Waals surface area contributed by atoms with Crippen molar-refractivity contribution in [3.63, 3.8) is 0 Å². The Morgan fingerprint density at radius 1 is 1.53 bits per heavy atom. The summed E-state index contributed by atoms with van der Waals surface area (Å²) in [5.41, 5.74) is 7.88. The minimum absolute atomic E-state index is 0.0923. The molecule has 0 bridgehead atoms. The predicted octanol–water partition coefficient (Wildman–Crippen LogP) is 1.08. The number of carbonyl (C=O) groups is 1. The minimum atomic E-state index is -0.0923. The van der Waals surface area contributed by atoms with Crippen molar-refractivity contribution in [2.45, 2.75) is 6.92 Å². The first-order valence-corrected chi connectivity index (χ1v) is 4.92. The normalized spacial score (nSPS) is 9.80. The van der Waals surface area contributed by atoms with Crippen LogP contribution in [0.2, 0.25) is 0 Å². The van der Waals surface area contributed by atoms with Gasteiger partial charge < -0.3 is 16.0 Å². The van der Waals surface area contributed by atoms with Crippen LogP contribution in [0.3, 0.4) is 0 Å². The molecule has 0 aliphatic carbocycles. The zero-order valence-corrected chi connectivity index (χ0v) is 9.37. The van der Waals surface area contributed by atoms with Gasteiger partial charge in [0.25, 0.3) is 5.91 Å². The lowest BCUT2D eigenvalue weighted by molar-refractivity contribution is 0.0963. The predicted molar refractivity (Wildman–Crippen MR) is 63.2 cm³/mol. The van der Waals surface area contributed by atoms with Gasteiger partial charge in [-0.3, -0.25) is 4.79 Å². The third-order valence-electron chi connectivity index (χ3n) is 2.38. The molecule has 0 heterocycles. The second-order valence-corrected chi connectivity index (χ2v) is 3.37. The molecular formula is C11H17N3O. The van der Waals surface area contributed by atoms with Crippen molar-refractivity contribution in [1.82, 2.24) is 5.32 Å². The van der Waals surface area contributed by atoms with Crippen LogP contribution in [0.25, 0.3) is 0 Å². The monoisotopic (exact) mass is 207 g/mol. The molecule has 0 aliphatic heterocycles. The highest BCUT2D eigenvalue weighted by atomic mass is 16.1. The molecule has 0 unspecified atom stereocenters. The van der Waals surface area contributed by atoms with Gasteiger partial charge in [-0.15, -0.1) is 0 Å². The third-order valence-corrected chi connectivity index (χ3v) is 2.38. The van der Waals surface area contributed by atoms with Crippen molar-refractivity contribution in [3.05, 3.63) is 23.8 Å². The maximum Gasteiger partial charge on any atom is 0.253 e. The van der Waals surface area contributed by atoms with Crippen LogP contribution in [-0.4, -0.2) is 26.5 Å². The molecule has 0 spiro atoms. The summed E-state index contributed by atoms with van der Waals surface area (Å²) in [6.07, 6.45) is 0. The Morgan fingerprint density at radius 3 is 2.73 bits per heavy atom. The molecule has 15 heavy (non-hydrogen) atoms. The van der Waals surface area contributed by atoms with Gasteiger partial charge in [-0.2, -0.15) is 0 Å². The first-order valence-electron chi connectivity index (χ1n) is 4.92. The number of benzene rings is 1. The Balaban J connectivity index is 3.20. The Labute approximate surface area is 90.1 Å². The Kier molecular flexibility index (Phi) is 3.55.